The molecular formula is C21H20FN5O3S. The van der Waals surface area contributed by atoms with Crippen LogP contribution in [-0.2, 0) is 10.0 Å². The van der Waals surface area contributed by atoms with Crippen LogP contribution < -0.4 is 10.2 Å². The largest absolute Gasteiger partial charge is 0.369 e. The summed E-state index contributed by atoms with van der Waals surface area (Å²) in [5.74, 6) is -0.672. The lowest BCUT2D eigenvalue weighted by molar-refractivity contribution is 0.102. The number of halogens is 1. The Morgan fingerprint density at radius 1 is 0.935 bits per heavy atom. The van der Waals surface area contributed by atoms with Gasteiger partial charge in [0.05, 0.1) is 4.90 Å². The fourth-order valence-corrected chi connectivity index (χ4v) is 4.79. The maximum atomic E-state index is 13.1. The van der Waals surface area contributed by atoms with Gasteiger partial charge in [-0.25, -0.2) is 22.8 Å². The molecular weight excluding hydrogens is 421 g/mol. The summed E-state index contributed by atoms with van der Waals surface area (Å²) in [5.41, 5.74) is 1.04. The number of aromatic nitrogens is 2. The summed E-state index contributed by atoms with van der Waals surface area (Å²) in [6, 6.07) is 13.6. The molecule has 1 aliphatic rings. The van der Waals surface area contributed by atoms with Crippen LogP contribution >= 0.6 is 0 Å². The number of carbonyl (C=O) groups is 1. The number of carbonyl (C=O) groups excluding carboxylic acids is 1. The fourth-order valence-electron chi connectivity index (χ4n) is 3.32. The van der Waals surface area contributed by atoms with Crippen LogP contribution in [0.15, 0.2) is 71.9 Å². The lowest BCUT2D eigenvalue weighted by atomic mass is 10.2. The van der Waals surface area contributed by atoms with Gasteiger partial charge in [-0.3, -0.25) is 10.1 Å². The highest BCUT2D eigenvalue weighted by Gasteiger charge is 2.29. The number of hydrogen-bond acceptors (Lipinski definition) is 6. The minimum absolute atomic E-state index is 0.0457. The molecule has 31 heavy (non-hydrogen) atoms. The second-order valence-electron chi connectivity index (χ2n) is 6.92. The lowest BCUT2D eigenvalue weighted by Gasteiger charge is -2.35. The summed E-state index contributed by atoms with van der Waals surface area (Å²) >= 11 is 0. The van der Waals surface area contributed by atoms with E-state index in [9.17, 15) is 17.6 Å². The summed E-state index contributed by atoms with van der Waals surface area (Å²) in [6.07, 6.45) is 2.99. The SMILES string of the molecule is O=C(Nc1ncccn1)c1cccc(S(=O)(=O)N2CCN(c3ccc(F)cc3)CC2)c1. The van der Waals surface area contributed by atoms with Gasteiger partial charge in [0.15, 0.2) is 0 Å². The van der Waals surface area contributed by atoms with Crippen molar-refractivity contribution in [1.82, 2.24) is 14.3 Å². The Balaban J connectivity index is 1.46. The van der Waals surface area contributed by atoms with Crippen molar-refractivity contribution in [3.05, 3.63) is 78.4 Å². The third kappa shape index (κ3) is 4.70. The van der Waals surface area contributed by atoms with Crippen LogP contribution in [-0.4, -0.2) is 54.8 Å². The Kier molecular flexibility index (Phi) is 5.92. The molecule has 0 saturated carbocycles. The van der Waals surface area contributed by atoms with Crippen LogP contribution in [0.3, 0.4) is 0 Å². The van der Waals surface area contributed by atoms with Crippen LogP contribution in [0.5, 0.6) is 0 Å². The van der Waals surface area contributed by atoms with E-state index >= 15 is 0 Å². The number of nitrogens with zero attached hydrogens (tertiary/aromatic N) is 4. The zero-order valence-electron chi connectivity index (χ0n) is 16.5. The van der Waals surface area contributed by atoms with E-state index in [1.807, 2.05) is 4.90 Å². The van der Waals surface area contributed by atoms with E-state index in [2.05, 4.69) is 15.3 Å². The highest BCUT2D eigenvalue weighted by molar-refractivity contribution is 7.89. The topological polar surface area (TPSA) is 95.5 Å². The third-order valence-corrected chi connectivity index (χ3v) is 6.85. The van der Waals surface area contributed by atoms with Gasteiger partial charge < -0.3 is 4.90 Å². The van der Waals surface area contributed by atoms with Crippen molar-refractivity contribution in [1.29, 1.82) is 0 Å². The van der Waals surface area contributed by atoms with Crippen LogP contribution in [0, 0.1) is 5.82 Å². The first kappa shape index (κ1) is 20.9. The van der Waals surface area contributed by atoms with E-state index in [4.69, 9.17) is 0 Å². The van der Waals surface area contributed by atoms with Gasteiger partial charge in [-0.1, -0.05) is 6.07 Å². The molecule has 2 heterocycles. The van der Waals surface area contributed by atoms with Crippen molar-refractivity contribution in [3.8, 4) is 0 Å². The summed E-state index contributed by atoms with van der Waals surface area (Å²) in [4.78, 5) is 22.4. The molecule has 4 rings (SSSR count). The molecule has 10 heteroatoms. The Bertz CT molecular complexity index is 1170. The van der Waals surface area contributed by atoms with Crippen molar-refractivity contribution < 1.29 is 17.6 Å². The van der Waals surface area contributed by atoms with Gasteiger partial charge in [-0.2, -0.15) is 4.31 Å². The number of piperazine rings is 1. The van der Waals surface area contributed by atoms with Crippen molar-refractivity contribution in [2.45, 2.75) is 4.90 Å². The molecule has 8 nitrogen and oxygen atoms in total. The molecule has 0 aliphatic carbocycles. The summed E-state index contributed by atoms with van der Waals surface area (Å²) < 4.78 is 40.7. The first-order valence-electron chi connectivity index (χ1n) is 9.62. The average Bonchev–Trinajstić information content (AvgIpc) is 2.80. The van der Waals surface area contributed by atoms with Gasteiger partial charge in [0.1, 0.15) is 5.82 Å². The number of nitrogens with one attached hydrogen (secondary N) is 1. The molecule has 1 aliphatic heterocycles. The predicted molar refractivity (Wildman–Crippen MR) is 114 cm³/mol. The first-order chi connectivity index (χ1) is 14.9. The average molecular weight is 441 g/mol. The minimum Gasteiger partial charge on any atom is -0.369 e. The molecule has 0 spiro atoms. The van der Waals surface area contributed by atoms with Crippen molar-refractivity contribution in [2.24, 2.45) is 0 Å². The molecule has 1 saturated heterocycles. The molecule has 2 aromatic carbocycles. The van der Waals surface area contributed by atoms with Crippen molar-refractivity contribution >= 4 is 27.6 Å². The Morgan fingerprint density at radius 3 is 2.29 bits per heavy atom. The van der Waals surface area contributed by atoms with E-state index in [0.29, 0.717) is 13.1 Å². The van der Waals surface area contributed by atoms with Gasteiger partial charge in [0, 0.05) is 49.8 Å². The molecule has 0 unspecified atom stereocenters. The number of anilines is 2. The second kappa shape index (κ2) is 8.78. The van der Waals surface area contributed by atoms with Gasteiger partial charge in [-0.05, 0) is 48.5 Å². The summed E-state index contributed by atoms with van der Waals surface area (Å²) in [5, 5.41) is 2.54. The second-order valence-corrected chi connectivity index (χ2v) is 8.86. The number of sulfonamides is 1. The Hall–Kier alpha value is -3.37. The highest BCUT2D eigenvalue weighted by Crippen LogP contribution is 2.22. The lowest BCUT2D eigenvalue weighted by Crippen LogP contribution is -2.48. The zero-order chi connectivity index (χ0) is 21.8. The van der Waals surface area contributed by atoms with Gasteiger partial charge in [0.25, 0.3) is 5.91 Å². The maximum Gasteiger partial charge on any atom is 0.258 e. The van der Waals surface area contributed by atoms with Gasteiger partial charge >= 0.3 is 0 Å². The zero-order valence-corrected chi connectivity index (χ0v) is 17.3. The molecule has 1 aromatic heterocycles. The van der Waals surface area contributed by atoms with Crippen LogP contribution in [0.25, 0.3) is 0 Å². The van der Waals surface area contributed by atoms with E-state index in [-0.39, 0.29) is 35.3 Å². The predicted octanol–water partition coefficient (Wildman–Crippen LogP) is 2.38. The molecule has 1 fully saturated rings. The Labute approximate surface area is 179 Å². The normalized spacial score (nSPS) is 14.9. The number of amides is 1. The van der Waals surface area contributed by atoms with Crippen LogP contribution in [0.2, 0.25) is 0 Å². The van der Waals surface area contributed by atoms with E-state index < -0.39 is 15.9 Å². The fraction of sp³-hybridized carbons (Fsp3) is 0.190. The Morgan fingerprint density at radius 2 is 1.61 bits per heavy atom. The molecule has 1 N–H and O–H groups in total. The van der Waals surface area contributed by atoms with Crippen molar-refractivity contribution in [2.75, 3.05) is 36.4 Å². The maximum absolute atomic E-state index is 13.1. The van der Waals surface area contributed by atoms with Crippen LogP contribution in [0.1, 0.15) is 10.4 Å². The molecule has 0 atom stereocenters. The van der Waals surface area contributed by atoms with Crippen LogP contribution in [0.4, 0.5) is 16.0 Å². The first-order valence-corrected chi connectivity index (χ1v) is 11.1. The van der Waals surface area contributed by atoms with Gasteiger partial charge in [0.2, 0.25) is 16.0 Å². The molecule has 160 valence electrons. The van der Waals surface area contributed by atoms with E-state index in [1.165, 1.54) is 53.1 Å². The number of benzene rings is 2. The van der Waals surface area contributed by atoms with Crippen molar-refractivity contribution in [3.63, 3.8) is 0 Å². The quantitative estimate of drug-likeness (QED) is 0.653. The smallest absolute Gasteiger partial charge is 0.258 e. The summed E-state index contributed by atoms with van der Waals surface area (Å²) in [7, 11) is -3.77. The minimum atomic E-state index is -3.77. The van der Waals surface area contributed by atoms with E-state index in [0.717, 1.165) is 5.69 Å². The number of hydrogen-bond donors (Lipinski definition) is 1. The third-order valence-electron chi connectivity index (χ3n) is 4.96. The van der Waals surface area contributed by atoms with Gasteiger partial charge in [-0.15, -0.1) is 0 Å². The molecule has 0 bridgehead atoms. The highest BCUT2D eigenvalue weighted by atomic mass is 32.2. The molecule has 1 amide bonds. The molecule has 0 radical (unpaired) electrons. The number of rotatable bonds is 5. The monoisotopic (exact) mass is 441 g/mol. The van der Waals surface area contributed by atoms with E-state index in [1.54, 1.807) is 18.2 Å². The standard InChI is InChI=1S/C21H20FN5O3S/c22-17-5-7-18(8-6-17)26-11-13-27(14-12-26)31(29,30)19-4-1-3-16(15-19)20(28)25-21-23-9-2-10-24-21/h1-10,15H,11-14H2,(H,23,24,25,28). The molecule has 3 aromatic rings. The summed E-state index contributed by atoms with van der Waals surface area (Å²) in [6.45, 7) is 1.54.